The zero-order valence-corrected chi connectivity index (χ0v) is 48.2. The van der Waals surface area contributed by atoms with Gasteiger partial charge in [-0.2, -0.15) is 0 Å². The van der Waals surface area contributed by atoms with Crippen LogP contribution in [-0.2, 0) is 64.1 Å². The highest BCUT2D eigenvalue weighted by atomic mass is 28.5. The fourth-order valence-corrected chi connectivity index (χ4v) is 31.0. The summed E-state index contributed by atoms with van der Waals surface area (Å²) >= 11 is 0. The van der Waals surface area contributed by atoms with Crippen LogP contribution in [0.4, 0.5) is 0 Å². The number of carbonyl (C=O) groups is 4. The van der Waals surface area contributed by atoms with Crippen LogP contribution in [0.5, 0.6) is 0 Å². The van der Waals surface area contributed by atoms with Crippen molar-refractivity contribution in [2.24, 2.45) is 0 Å². The summed E-state index contributed by atoms with van der Waals surface area (Å²) in [5.41, 5.74) is 0.590. The summed E-state index contributed by atoms with van der Waals surface area (Å²) in [5.74, 6) is -1.67. The predicted octanol–water partition coefficient (Wildman–Crippen LogP) is 10.00. The molecule has 0 aromatic heterocycles. The molecule has 0 aromatic carbocycles. The zero-order chi connectivity index (χ0) is 48.6. The van der Waals surface area contributed by atoms with E-state index in [4.69, 9.17) is 44.9 Å². The van der Waals surface area contributed by atoms with Gasteiger partial charge < -0.3 is 44.9 Å². The number of hydrogen-bond donors (Lipinski definition) is 0. The number of carbonyl (C=O) groups excluding carboxylic acids is 4. The quantitative estimate of drug-likeness (QED) is 0.0206. The maximum atomic E-state index is 11.9. The number of rotatable bonds is 32. The lowest BCUT2D eigenvalue weighted by atomic mass is 10.3. The molecule has 2 unspecified atom stereocenters. The highest BCUT2D eigenvalue weighted by Crippen LogP contribution is 2.27. The van der Waals surface area contributed by atoms with Crippen molar-refractivity contribution in [1.82, 2.24) is 0 Å². The van der Waals surface area contributed by atoms with E-state index < -0.39 is 74.5 Å². The molecule has 0 fully saturated rings. The molecule has 0 rings (SSSR count). The summed E-state index contributed by atoms with van der Waals surface area (Å²) in [6.45, 7) is 45.8. The minimum Gasteiger partial charge on any atom is -0.462 e. The van der Waals surface area contributed by atoms with Gasteiger partial charge in [0.25, 0.3) is 0 Å². The normalized spacial score (nSPS) is 13.6. The number of esters is 4. The second-order valence-electron chi connectivity index (χ2n) is 20.0. The largest absolute Gasteiger partial charge is 0.462 e. The SMILES string of the molecule is C=C(C)C(=O)OC(COCCC[Si](C)(O[Si](C)(C)C)O[Si](C)(C)C)COC(=O)CCC.C=C(C)C(=O)OCC(COCCC[Si](C)(O[Si](C)(C)C)O[Si](C)(C)C)OC(=O)CCC. The number of ether oxygens (including phenoxy) is 6. The molecular formula is C42H88O14Si6. The maximum absolute atomic E-state index is 11.9. The van der Waals surface area contributed by atoms with Crippen molar-refractivity contribution >= 4 is 74.3 Å². The van der Waals surface area contributed by atoms with Gasteiger partial charge in [0.1, 0.15) is 13.2 Å². The Morgan fingerprint density at radius 2 is 0.806 bits per heavy atom. The van der Waals surface area contributed by atoms with Crippen molar-refractivity contribution in [3.05, 3.63) is 24.3 Å². The van der Waals surface area contributed by atoms with Crippen molar-refractivity contribution in [1.29, 1.82) is 0 Å². The first kappa shape index (κ1) is 62.5. The van der Waals surface area contributed by atoms with Crippen molar-refractivity contribution in [2.45, 2.75) is 182 Å². The summed E-state index contributed by atoms with van der Waals surface area (Å²) in [5, 5.41) is 0. The lowest BCUT2D eigenvalue weighted by molar-refractivity contribution is -0.161. The molecule has 0 spiro atoms. The highest BCUT2D eigenvalue weighted by Gasteiger charge is 2.41. The van der Waals surface area contributed by atoms with E-state index in [9.17, 15) is 19.2 Å². The summed E-state index contributed by atoms with van der Waals surface area (Å²) in [7, 11) is -11.5. The first-order valence-corrected chi connectivity index (χ1v) is 40.8. The van der Waals surface area contributed by atoms with Crippen molar-refractivity contribution in [2.75, 3.05) is 39.6 Å². The van der Waals surface area contributed by atoms with Crippen molar-refractivity contribution in [3.63, 3.8) is 0 Å². The third kappa shape index (κ3) is 36.7. The van der Waals surface area contributed by atoms with Crippen molar-refractivity contribution in [3.8, 4) is 0 Å². The Morgan fingerprint density at radius 1 is 0.468 bits per heavy atom. The monoisotopic (exact) mass is 984 g/mol. The van der Waals surface area contributed by atoms with Gasteiger partial charge in [-0.1, -0.05) is 27.0 Å². The van der Waals surface area contributed by atoms with E-state index in [-0.39, 0.29) is 38.4 Å². The van der Waals surface area contributed by atoms with E-state index in [1.165, 1.54) is 0 Å². The van der Waals surface area contributed by atoms with E-state index in [2.05, 4.69) is 105 Å². The van der Waals surface area contributed by atoms with E-state index in [0.29, 0.717) is 50.0 Å². The molecule has 0 N–H and O–H groups in total. The van der Waals surface area contributed by atoms with Gasteiger partial charge in [-0.3, -0.25) is 9.59 Å². The molecule has 0 saturated carbocycles. The maximum Gasteiger partial charge on any atom is 0.333 e. The zero-order valence-electron chi connectivity index (χ0n) is 42.2. The molecule has 0 aliphatic rings. The number of hydrogen-bond acceptors (Lipinski definition) is 14. The fraction of sp³-hybridized carbons (Fsp3) is 0.810. The molecule has 0 saturated heterocycles. The van der Waals surface area contributed by atoms with Gasteiger partial charge in [0.05, 0.1) is 13.2 Å². The summed E-state index contributed by atoms with van der Waals surface area (Å²) in [6.07, 6.45) is 2.32. The molecule has 0 heterocycles. The Balaban J connectivity index is 0. The smallest absolute Gasteiger partial charge is 0.333 e. The van der Waals surface area contributed by atoms with Crippen LogP contribution in [0.1, 0.15) is 66.2 Å². The highest BCUT2D eigenvalue weighted by molar-refractivity contribution is 6.88. The molecular weight excluding hydrogens is 897 g/mol. The Morgan fingerprint density at radius 3 is 1.15 bits per heavy atom. The molecule has 0 bridgehead atoms. The molecule has 0 aliphatic carbocycles. The lowest BCUT2D eigenvalue weighted by Gasteiger charge is -2.38. The second kappa shape index (κ2) is 29.9. The molecule has 62 heavy (non-hydrogen) atoms. The fourth-order valence-electron chi connectivity index (χ4n) is 5.94. The van der Waals surface area contributed by atoms with Gasteiger partial charge in [0.2, 0.25) is 0 Å². The summed E-state index contributed by atoms with van der Waals surface area (Å²) in [6, 6.07) is 1.68. The van der Waals surface area contributed by atoms with Crippen LogP contribution in [0, 0.1) is 0 Å². The van der Waals surface area contributed by atoms with Crippen LogP contribution in [0.25, 0.3) is 0 Å². The van der Waals surface area contributed by atoms with Crippen LogP contribution in [0.3, 0.4) is 0 Å². The molecule has 14 nitrogen and oxygen atoms in total. The van der Waals surface area contributed by atoms with Gasteiger partial charge >= 0.3 is 41.0 Å². The summed E-state index contributed by atoms with van der Waals surface area (Å²) < 4.78 is 58.6. The Labute approximate surface area is 382 Å². The topological polar surface area (TPSA) is 161 Å². The first-order valence-electron chi connectivity index (χ1n) is 22.1. The molecule has 2 atom stereocenters. The lowest BCUT2D eigenvalue weighted by Crippen LogP contribution is -2.52. The van der Waals surface area contributed by atoms with E-state index in [1.54, 1.807) is 13.8 Å². The molecule has 20 heteroatoms. The third-order valence-corrected chi connectivity index (χ3v) is 26.8. The average molecular weight is 986 g/mol. The first-order chi connectivity index (χ1) is 28.1. The molecule has 0 aliphatic heterocycles. The van der Waals surface area contributed by atoms with Crippen LogP contribution >= 0.6 is 0 Å². The standard InChI is InChI=1S/2C21H44O7Si3/c1-11-13-20(22)26-19(17-25-21(23)18(2)3)16-24-14-12-15-31(10,27-29(4,5)6)28-30(7,8)9;1-11-13-20(22)25-17-19(26-21(23)18(2)3)16-24-14-12-15-31(10,27-29(4,5)6)28-30(7,8)9/h2*19H,2,11-17H2,1,3-10H3. The molecule has 0 amide bonds. The van der Waals surface area contributed by atoms with Gasteiger partial charge in [-0.05, 0) is 143 Å². The predicted molar refractivity (Wildman–Crippen MR) is 263 cm³/mol. The molecule has 364 valence electrons. The Hall–Kier alpha value is -1.58. The van der Waals surface area contributed by atoms with E-state index >= 15 is 0 Å². The van der Waals surface area contributed by atoms with Crippen LogP contribution in [-0.4, -0.2) is 126 Å². The van der Waals surface area contributed by atoms with E-state index in [0.717, 1.165) is 24.9 Å². The van der Waals surface area contributed by atoms with Crippen LogP contribution < -0.4 is 0 Å². The molecule has 0 aromatic rings. The second-order valence-corrected chi connectivity index (χ2v) is 45.7. The van der Waals surface area contributed by atoms with Crippen molar-refractivity contribution < 1.29 is 64.1 Å². The van der Waals surface area contributed by atoms with Gasteiger partial charge in [0, 0.05) is 37.2 Å². The van der Waals surface area contributed by atoms with E-state index in [1.807, 2.05) is 13.8 Å². The van der Waals surface area contributed by atoms with Crippen LogP contribution in [0.2, 0.25) is 104 Å². The van der Waals surface area contributed by atoms with Gasteiger partial charge in [-0.15, -0.1) is 0 Å². The Kier molecular flexibility index (Phi) is 30.1. The Bertz CT molecular complexity index is 1340. The van der Waals surface area contributed by atoms with Gasteiger partial charge in [-0.25, -0.2) is 9.59 Å². The third-order valence-electron chi connectivity index (χ3n) is 7.54. The minimum absolute atomic E-state index is 0.0260. The minimum atomic E-state index is -2.30. The molecule has 0 radical (unpaired) electrons. The summed E-state index contributed by atoms with van der Waals surface area (Å²) in [4.78, 5) is 47.0. The average Bonchev–Trinajstić information content (AvgIpc) is 3.05. The van der Waals surface area contributed by atoms with Gasteiger partial charge in [0.15, 0.2) is 45.5 Å². The van der Waals surface area contributed by atoms with Crippen LogP contribution in [0.15, 0.2) is 24.3 Å².